The first-order valence-corrected chi connectivity index (χ1v) is 7.66. The fraction of sp³-hybridized carbons (Fsp3) is 0.500. The predicted octanol–water partition coefficient (Wildman–Crippen LogP) is 2.74. The Kier molecular flexibility index (Phi) is 5.53. The molecule has 0 unspecified atom stereocenters. The van der Waals surface area contributed by atoms with Crippen LogP contribution in [0.15, 0.2) is 12.1 Å². The zero-order valence-corrected chi connectivity index (χ0v) is 14.4. The maximum Gasteiger partial charge on any atom is 0.394 e. The van der Waals surface area contributed by atoms with E-state index in [2.05, 4.69) is 5.32 Å². The second-order valence-electron chi connectivity index (χ2n) is 5.93. The number of nitrogens with zero attached hydrogens (tertiary/aromatic N) is 1. The van der Waals surface area contributed by atoms with Gasteiger partial charge >= 0.3 is 18.2 Å². The molecule has 7 nitrogen and oxygen atoms in total. The van der Waals surface area contributed by atoms with E-state index in [1.807, 2.05) is 0 Å². The van der Waals surface area contributed by atoms with Gasteiger partial charge in [-0.3, -0.25) is 4.79 Å². The Balaban J connectivity index is 2.19. The molecule has 1 aromatic carbocycles. The van der Waals surface area contributed by atoms with Crippen molar-refractivity contribution < 1.29 is 37.3 Å². The smallest absolute Gasteiger partial charge is 0.394 e. The number of amides is 2. The van der Waals surface area contributed by atoms with E-state index in [0.717, 1.165) is 4.90 Å². The van der Waals surface area contributed by atoms with Crippen molar-refractivity contribution in [3.8, 4) is 11.5 Å². The first-order chi connectivity index (χ1) is 12.1. The van der Waals surface area contributed by atoms with Gasteiger partial charge in [0.05, 0.1) is 26.1 Å². The number of aliphatic carboxylic acids is 1. The van der Waals surface area contributed by atoms with E-state index < -0.39 is 43.1 Å². The van der Waals surface area contributed by atoms with Gasteiger partial charge in [-0.05, 0) is 6.92 Å². The summed E-state index contributed by atoms with van der Waals surface area (Å²) in [7, 11) is 2.86. The zero-order chi connectivity index (χ0) is 19.6. The number of nitrogens with one attached hydrogen (secondary N) is 1. The molecule has 2 N–H and O–H groups in total. The second kappa shape index (κ2) is 7.30. The number of carbonyl (C=O) groups is 2. The quantitative estimate of drug-likeness (QED) is 0.844. The number of halogens is 3. The summed E-state index contributed by atoms with van der Waals surface area (Å²) in [6, 6.07) is 2.18. The maximum atomic E-state index is 13.0. The van der Waals surface area contributed by atoms with Gasteiger partial charge < -0.3 is 24.8 Å². The van der Waals surface area contributed by atoms with Gasteiger partial charge in [-0.1, -0.05) is 0 Å². The van der Waals surface area contributed by atoms with Crippen molar-refractivity contribution in [3.05, 3.63) is 17.7 Å². The molecule has 1 fully saturated rings. The van der Waals surface area contributed by atoms with E-state index in [4.69, 9.17) is 14.6 Å². The number of anilines is 1. The van der Waals surface area contributed by atoms with Crippen LogP contribution in [0.3, 0.4) is 0 Å². The summed E-state index contributed by atoms with van der Waals surface area (Å²) in [4.78, 5) is 24.3. The van der Waals surface area contributed by atoms with E-state index in [1.165, 1.54) is 26.4 Å². The molecule has 1 heterocycles. The molecule has 0 aliphatic carbocycles. The highest BCUT2D eigenvalue weighted by Gasteiger charge is 2.53. The highest BCUT2D eigenvalue weighted by Crippen LogP contribution is 2.38. The molecule has 26 heavy (non-hydrogen) atoms. The summed E-state index contributed by atoms with van der Waals surface area (Å²) in [5.41, 5.74) is 0.953. The normalized spacial score (nSPS) is 20.0. The number of ether oxygens (including phenoxy) is 2. The number of likely N-dealkylation sites (tertiary alicyclic amines) is 1. The first-order valence-electron chi connectivity index (χ1n) is 7.66. The number of hydrogen-bond donors (Lipinski definition) is 2. The van der Waals surface area contributed by atoms with Gasteiger partial charge in [-0.2, -0.15) is 13.2 Å². The SMILES string of the molecule is COc1cc(NC(=O)N2C[C@@H](C(F)(F)F)[C@H](C(=O)O)C2)cc(OC)c1C. The van der Waals surface area contributed by atoms with Crippen LogP contribution in [0.25, 0.3) is 0 Å². The molecule has 1 aromatic rings. The lowest BCUT2D eigenvalue weighted by atomic mass is 9.96. The standard InChI is InChI=1S/C16H19F3N2O5/c1-8-12(25-2)4-9(5-13(8)26-3)20-15(24)21-6-10(14(22)23)11(7-21)16(17,18)19/h4-5,10-11H,6-7H2,1-3H3,(H,20,24)(H,22,23)/t10-,11-/m1/s1. The lowest BCUT2D eigenvalue weighted by Crippen LogP contribution is -2.35. The molecule has 1 aliphatic heterocycles. The van der Waals surface area contributed by atoms with Gasteiger partial charge in [0.2, 0.25) is 0 Å². The van der Waals surface area contributed by atoms with Gasteiger partial charge in [0.15, 0.2) is 0 Å². The minimum absolute atomic E-state index is 0.261. The number of carbonyl (C=O) groups excluding carboxylic acids is 1. The summed E-state index contributed by atoms with van der Waals surface area (Å²) in [6.07, 6.45) is -4.70. The number of benzene rings is 1. The molecule has 1 saturated heterocycles. The predicted molar refractivity (Wildman–Crippen MR) is 85.5 cm³/mol. The monoisotopic (exact) mass is 376 g/mol. The third-order valence-electron chi connectivity index (χ3n) is 4.35. The average Bonchev–Trinajstić information content (AvgIpc) is 3.02. The number of carboxylic acid groups (broad SMARTS) is 1. The Labute approximate surface area is 147 Å². The van der Waals surface area contributed by atoms with E-state index in [-0.39, 0.29) is 5.69 Å². The molecule has 2 amide bonds. The molecular weight excluding hydrogens is 357 g/mol. The molecular formula is C16H19F3N2O5. The summed E-state index contributed by atoms with van der Waals surface area (Å²) < 4.78 is 49.4. The Bertz CT molecular complexity index is 683. The van der Waals surface area contributed by atoms with Gasteiger partial charge in [-0.25, -0.2) is 4.79 Å². The number of methoxy groups -OCH3 is 2. The number of urea groups is 1. The zero-order valence-electron chi connectivity index (χ0n) is 14.4. The molecule has 0 radical (unpaired) electrons. The van der Waals surface area contributed by atoms with Crippen molar-refractivity contribution in [1.29, 1.82) is 0 Å². The minimum Gasteiger partial charge on any atom is -0.496 e. The lowest BCUT2D eigenvalue weighted by Gasteiger charge is -2.19. The molecule has 0 saturated carbocycles. The third kappa shape index (κ3) is 3.94. The summed E-state index contributed by atoms with van der Waals surface area (Å²) in [6.45, 7) is 0.507. The molecule has 1 aliphatic rings. The van der Waals surface area contributed by atoms with Crippen LogP contribution in [-0.2, 0) is 4.79 Å². The van der Waals surface area contributed by atoms with Crippen molar-refractivity contribution in [1.82, 2.24) is 4.90 Å². The lowest BCUT2D eigenvalue weighted by molar-refractivity contribution is -0.187. The topological polar surface area (TPSA) is 88.1 Å². The average molecular weight is 376 g/mol. The van der Waals surface area contributed by atoms with Crippen molar-refractivity contribution in [2.24, 2.45) is 11.8 Å². The van der Waals surface area contributed by atoms with Gasteiger partial charge in [0.25, 0.3) is 0 Å². The van der Waals surface area contributed by atoms with Crippen LogP contribution in [0.5, 0.6) is 11.5 Å². The maximum absolute atomic E-state index is 13.0. The Hall–Kier alpha value is -2.65. The number of alkyl halides is 3. The Morgan fingerprint density at radius 1 is 1.19 bits per heavy atom. The Morgan fingerprint density at radius 2 is 1.73 bits per heavy atom. The van der Waals surface area contributed by atoms with E-state index in [9.17, 15) is 22.8 Å². The van der Waals surface area contributed by atoms with Gasteiger partial charge in [0, 0.05) is 36.5 Å². The van der Waals surface area contributed by atoms with Crippen LogP contribution in [0.2, 0.25) is 0 Å². The molecule has 2 rings (SSSR count). The van der Waals surface area contributed by atoms with Crippen LogP contribution >= 0.6 is 0 Å². The number of carboxylic acids is 1. The summed E-state index contributed by atoms with van der Waals surface area (Å²) in [5, 5.41) is 11.5. The highest BCUT2D eigenvalue weighted by molar-refractivity contribution is 5.91. The van der Waals surface area contributed by atoms with E-state index in [0.29, 0.717) is 17.1 Å². The molecule has 0 aromatic heterocycles. The van der Waals surface area contributed by atoms with Gasteiger partial charge in [-0.15, -0.1) is 0 Å². The van der Waals surface area contributed by atoms with Crippen LogP contribution in [0, 0.1) is 18.8 Å². The highest BCUT2D eigenvalue weighted by atomic mass is 19.4. The second-order valence-corrected chi connectivity index (χ2v) is 5.93. The van der Waals surface area contributed by atoms with Crippen molar-refractivity contribution >= 4 is 17.7 Å². The summed E-state index contributed by atoms with van der Waals surface area (Å²) >= 11 is 0. The van der Waals surface area contributed by atoms with E-state index in [1.54, 1.807) is 6.92 Å². The molecule has 10 heteroatoms. The van der Waals surface area contributed by atoms with E-state index >= 15 is 0 Å². The van der Waals surface area contributed by atoms with Crippen LogP contribution < -0.4 is 14.8 Å². The minimum atomic E-state index is -4.70. The van der Waals surface area contributed by atoms with Crippen LogP contribution in [0.4, 0.5) is 23.7 Å². The largest absolute Gasteiger partial charge is 0.496 e. The molecule has 0 bridgehead atoms. The summed E-state index contributed by atoms with van der Waals surface area (Å²) in [5.74, 6) is -4.52. The van der Waals surface area contributed by atoms with Gasteiger partial charge in [0.1, 0.15) is 11.5 Å². The molecule has 2 atom stereocenters. The fourth-order valence-corrected chi connectivity index (χ4v) is 2.91. The van der Waals surface area contributed by atoms with Crippen molar-refractivity contribution in [3.63, 3.8) is 0 Å². The first kappa shape index (κ1) is 19.7. The van der Waals surface area contributed by atoms with Crippen LogP contribution in [0.1, 0.15) is 5.56 Å². The molecule has 144 valence electrons. The third-order valence-corrected chi connectivity index (χ3v) is 4.35. The van der Waals surface area contributed by atoms with Crippen molar-refractivity contribution in [2.45, 2.75) is 13.1 Å². The van der Waals surface area contributed by atoms with Crippen LogP contribution in [-0.4, -0.2) is 55.5 Å². The number of hydrogen-bond acceptors (Lipinski definition) is 4. The molecule has 0 spiro atoms. The fourth-order valence-electron chi connectivity index (χ4n) is 2.91. The van der Waals surface area contributed by atoms with Crippen molar-refractivity contribution in [2.75, 3.05) is 32.6 Å². The number of rotatable bonds is 4. The Morgan fingerprint density at radius 3 is 2.12 bits per heavy atom.